The number of carboxylic acids is 2. The summed E-state index contributed by atoms with van der Waals surface area (Å²) < 4.78 is 75.2. The Hall–Kier alpha value is -4.47. The number of rotatable bonds is 10. The summed E-state index contributed by atoms with van der Waals surface area (Å²) in [6, 6.07) is 4.87. The van der Waals surface area contributed by atoms with Crippen LogP contribution in [0, 0.1) is 0 Å². The largest absolute Gasteiger partial charge is 0.478 e. The van der Waals surface area contributed by atoms with Gasteiger partial charge in [-0.25, -0.2) is 9.59 Å². The zero-order chi connectivity index (χ0) is 34.2. The summed E-state index contributed by atoms with van der Waals surface area (Å²) >= 11 is 0. The second kappa shape index (κ2) is 15.3. The monoisotopic (exact) mass is 636 g/mol. The molecule has 2 amide bonds. The van der Waals surface area contributed by atoms with Crippen molar-refractivity contribution in [1.82, 2.24) is 9.80 Å². The molecule has 16 heteroatoms. The summed E-state index contributed by atoms with van der Waals surface area (Å²) in [7, 11) is 2.89. The first kappa shape index (κ1) is 37.6. The van der Waals surface area contributed by atoms with Gasteiger partial charge in [0, 0.05) is 43.9 Å². The smallest absolute Gasteiger partial charge is 0.454 e. The van der Waals surface area contributed by atoms with Crippen LogP contribution in [0.3, 0.4) is 0 Å². The van der Waals surface area contributed by atoms with Gasteiger partial charge in [0.1, 0.15) is 0 Å². The average Bonchev–Trinajstić information content (AvgIpc) is 2.94. The Kier molecular flexibility index (Phi) is 13.1. The Balaban J connectivity index is 0.000000440. The molecule has 44 heavy (non-hydrogen) atoms. The predicted molar refractivity (Wildman–Crippen MR) is 143 cm³/mol. The van der Waals surface area contributed by atoms with Crippen molar-refractivity contribution in [2.24, 2.45) is 0 Å². The molecule has 1 unspecified atom stereocenters. The fourth-order valence-electron chi connectivity index (χ4n) is 3.73. The standard InChI is InChI=1S/C14H16F3NO4.C14H14F3NO4/c2*1-3-4-18(2)12(20)9-5-8(11(19)14(15,16)17)6-10(7-9)13(21)22/h5-7,11,19H,3-4H2,1-2H3,(H,21,22);5-7H,3-4H2,1-2H3,(H,21,22). The van der Waals surface area contributed by atoms with Crippen molar-refractivity contribution in [2.75, 3.05) is 27.2 Å². The van der Waals surface area contributed by atoms with E-state index in [1.54, 1.807) is 6.92 Å². The fraction of sp³-hybridized carbons (Fsp3) is 0.393. The van der Waals surface area contributed by atoms with Gasteiger partial charge in [0.2, 0.25) is 0 Å². The Morgan fingerprint density at radius 3 is 1.36 bits per heavy atom. The van der Waals surface area contributed by atoms with E-state index >= 15 is 0 Å². The van der Waals surface area contributed by atoms with Crippen LogP contribution in [-0.2, 0) is 0 Å². The van der Waals surface area contributed by atoms with Crippen molar-refractivity contribution in [3.8, 4) is 0 Å². The molecule has 2 aromatic carbocycles. The van der Waals surface area contributed by atoms with Crippen LogP contribution in [-0.4, -0.2) is 94.2 Å². The van der Waals surface area contributed by atoms with E-state index in [0.717, 1.165) is 24.3 Å². The van der Waals surface area contributed by atoms with Gasteiger partial charge in [-0.05, 0) is 54.8 Å². The van der Waals surface area contributed by atoms with Crippen LogP contribution >= 0.6 is 0 Å². The lowest BCUT2D eigenvalue weighted by Gasteiger charge is -2.19. The summed E-state index contributed by atoms with van der Waals surface area (Å²) in [6.45, 7) is 4.33. The second-order valence-electron chi connectivity index (χ2n) is 9.48. The van der Waals surface area contributed by atoms with Crippen LogP contribution in [0.25, 0.3) is 0 Å². The molecule has 0 aliphatic rings. The zero-order valence-electron chi connectivity index (χ0n) is 23.9. The van der Waals surface area contributed by atoms with Gasteiger partial charge in [-0.2, -0.15) is 26.3 Å². The van der Waals surface area contributed by atoms with E-state index in [1.807, 2.05) is 6.92 Å². The maximum absolute atomic E-state index is 12.6. The van der Waals surface area contributed by atoms with Gasteiger partial charge in [-0.15, -0.1) is 0 Å². The van der Waals surface area contributed by atoms with Crippen LogP contribution in [0.1, 0.15) is 90.1 Å². The number of hydrogen-bond donors (Lipinski definition) is 3. The number of alkyl halides is 6. The van der Waals surface area contributed by atoms with Crippen LogP contribution in [0.15, 0.2) is 36.4 Å². The topological polar surface area (TPSA) is 153 Å². The third kappa shape index (κ3) is 10.4. The number of aromatic carboxylic acids is 2. The molecule has 0 aliphatic heterocycles. The van der Waals surface area contributed by atoms with Crippen molar-refractivity contribution in [3.05, 3.63) is 69.8 Å². The quantitative estimate of drug-likeness (QED) is 0.241. The van der Waals surface area contributed by atoms with Gasteiger partial charge in [-0.1, -0.05) is 13.8 Å². The molecular formula is C28H30F6N2O8. The number of carbonyl (C=O) groups is 5. The Labute approximate surface area is 247 Å². The number of amides is 2. The molecule has 0 bridgehead atoms. The van der Waals surface area contributed by atoms with Crippen molar-refractivity contribution in [2.45, 2.75) is 45.1 Å². The van der Waals surface area contributed by atoms with E-state index < -0.39 is 70.2 Å². The number of nitrogens with zero attached hydrogens (tertiary/aromatic N) is 2. The van der Waals surface area contributed by atoms with Gasteiger partial charge >= 0.3 is 24.3 Å². The number of aliphatic hydroxyl groups is 1. The molecule has 0 saturated heterocycles. The number of carbonyl (C=O) groups excluding carboxylic acids is 3. The number of hydrogen-bond acceptors (Lipinski definition) is 6. The van der Waals surface area contributed by atoms with Crippen LogP contribution in [0.4, 0.5) is 26.3 Å². The first-order valence-electron chi connectivity index (χ1n) is 12.8. The molecule has 242 valence electrons. The number of carboxylic acid groups (broad SMARTS) is 2. The maximum Gasteiger partial charge on any atom is 0.454 e. The number of aliphatic hydroxyl groups excluding tert-OH is 1. The number of ketones is 1. The highest BCUT2D eigenvalue weighted by Crippen LogP contribution is 2.33. The summed E-state index contributed by atoms with van der Waals surface area (Å²) in [5.74, 6) is -6.46. The first-order chi connectivity index (χ1) is 20.1. The summed E-state index contributed by atoms with van der Waals surface area (Å²) in [5.41, 5.74) is -3.09. The SMILES string of the molecule is CCCN(C)C(=O)c1cc(C(=O)O)cc(C(=O)C(F)(F)F)c1.CCCN(C)C(=O)c1cc(C(=O)O)cc(C(O)C(F)(F)F)c1. The normalized spacial score (nSPS) is 12.0. The summed E-state index contributed by atoms with van der Waals surface area (Å²) in [5, 5.41) is 27.1. The van der Waals surface area contributed by atoms with Gasteiger partial charge in [0.15, 0.2) is 6.10 Å². The molecule has 0 radical (unpaired) electrons. The lowest BCUT2D eigenvalue weighted by atomic mass is 10.0. The zero-order valence-corrected chi connectivity index (χ0v) is 23.9. The first-order valence-corrected chi connectivity index (χ1v) is 12.8. The van der Waals surface area contributed by atoms with Crippen LogP contribution < -0.4 is 0 Å². The molecule has 0 fully saturated rings. The molecule has 0 saturated carbocycles. The van der Waals surface area contributed by atoms with E-state index in [4.69, 9.17) is 10.2 Å². The van der Waals surface area contributed by atoms with Crippen molar-refractivity contribution in [1.29, 1.82) is 0 Å². The van der Waals surface area contributed by atoms with Gasteiger partial charge in [0.25, 0.3) is 17.6 Å². The molecule has 0 aromatic heterocycles. The van der Waals surface area contributed by atoms with Crippen molar-refractivity contribution < 1.29 is 65.6 Å². The van der Waals surface area contributed by atoms with Gasteiger partial charge in [0.05, 0.1) is 11.1 Å². The molecule has 1 atom stereocenters. The lowest BCUT2D eigenvalue weighted by molar-refractivity contribution is -0.206. The fourth-order valence-corrected chi connectivity index (χ4v) is 3.73. The number of benzene rings is 2. The van der Waals surface area contributed by atoms with Crippen molar-refractivity contribution >= 4 is 29.5 Å². The summed E-state index contributed by atoms with van der Waals surface area (Å²) in [6.07, 6.45) is -11.7. The Bertz CT molecular complexity index is 1390. The van der Waals surface area contributed by atoms with E-state index in [1.165, 1.54) is 23.9 Å². The molecular weight excluding hydrogens is 606 g/mol. The predicted octanol–water partition coefficient (Wildman–Crippen LogP) is 5.07. The number of Topliss-reactive ketones (excluding diaryl/α,β-unsaturated/α-hetero) is 1. The Morgan fingerprint density at radius 1 is 0.659 bits per heavy atom. The average molecular weight is 637 g/mol. The Morgan fingerprint density at radius 2 is 1.00 bits per heavy atom. The third-order valence-corrected chi connectivity index (χ3v) is 5.83. The van der Waals surface area contributed by atoms with Crippen LogP contribution in [0.2, 0.25) is 0 Å². The minimum Gasteiger partial charge on any atom is -0.478 e. The maximum atomic E-state index is 12.6. The van der Waals surface area contributed by atoms with E-state index in [0.29, 0.717) is 38.1 Å². The molecule has 2 rings (SSSR count). The highest BCUT2D eigenvalue weighted by Gasteiger charge is 2.41. The van der Waals surface area contributed by atoms with Gasteiger partial charge in [-0.3, -0.25) is 14.4 Å². The molecule has 0 spiro atoms. The highest BCUT2D eigenvalue weighted by molar-refractivity contribution is 6.05. The minimum atomic E-state index is -5.15. The highest BCUT2D eigenvalue weighted by atomic mass is 19.4. The van der Waals surface area contributed by atoms with E-state index in [9.17, 15) is 55.4 Å². The van der Waals surface area contributed by atoms with Crippen molar-refractivity contribution in [3.63, 3.8) is 0 Å². The molecule has 2 aromatic rings. The molecule has 10 nitrogen and oxygen atoms in total. The van der Waals surface area contributed by atoms with Gasteiger partial charge < -0.3 is 25.1 Å². The number of halogens is 6. The summed E-state index contributed by atoms with van der Waals surface area (Å²) in [4.78, 5) is 59.9. The van der Waals surface area contributed by atoms with E-state index in [2.05, 4.69) is 0 Å². The second-order valence-corrected chi connectivity index (χ2v) is 9.48. The molecule has 3 N–H and O–H groups in total. The van der Waals surface area contributed by atoms with Crippen LogP contribution in [0.5, 0.6) is 0 Å². The molecule has 0 aliphatic carbocycles. The molecule has 0 heterocycles. The lowest BCUT2D eigenvalue weighted by Crippen LogP contribution is -2.28. The minimum absolute atomic E-state index is 0.214. The third-order valence-electron chi connectivity index (χ3n) is 5.83. The van der Waals surface area contributed by atoms with E-state index in [-0.39, 0.29) is 11.1 Å².